The number of halogens is 3. The van der Waals surface area contributed by atoms with E-state index in [0.29, 0.717) is 22.4 Å². The van der Waals surface area contributed by atoms with Gasteiger partial charge in [0.05, 0.1) is 22.5 Å². The molecule has 3 aromatic rings. The van der Waals surface area contributed by atoms with Crippen molar-refractivity contribution in [1.82, 2.24) is 9.55 Å². The Kier molecular flexibility index (Phi) is 4.15. The van der Waals surface area contributed by atoms with Crippen LogP contribution in [0.2, 0.25) is 0 Å². The number of nitrogens with zero attached hydrogens (tertiary/aromatic N) is 2. The second-order valence-electron chi connectivity index (χ2n) is 4.42. The first-order valence-electron chi connectivity index (χ1n) is 6.14. The zero-order valence-electron chi connectivity index (χ0n) is 10.7. The molecule has 0 aliphatic heterocycles. The summed E-state index contributed by atoms with van der Waals surface area (Å²) in [6, 6.07) is 12.9. The van der Waals surface area contributed by atoms with Crippen LogP contribution in [0.1, 0.15) is 5.82 Å². The highest BCUT2D eigenvalue weighted by Gasteiger charge is 2.14. The number of para-hydroxylation sites is 1. The Balaban J connectivity index is 2.44. The Labute approximate surface area is 142 Å². The molecule has 0 saturated heterocycles. The molecule has 0 unspecified atom stereocenters. The van der Waals surface area contributed by atoms with Crippen molar-refractivity contribution in [1.29, 1.82) is 0 Å². The number of hydrogen-bond acceptors (Lipinski definition) is 2. The van der Waals surface area contributed by atoms with Gasteiger partial charge in [0.2, 0.25) is 0 Å². The van der Waals surface area contributed by atoms with Crippen molar-refractivity contribution in [3.63, 3.8) is 0 Å². The second-order valence-corrected chi connectivity index (χ2v) is 6.45. The summed E-state index contributed by atoms with van der Waals surface area (Å²) in [6.45, 7) is 0. The van der Waals surface area contributed by atoms with Crippen molar-refractivity contribution in [3.8, 4) is 5.69 Å². The van der Waals surface area contributed by atoms with Gasteiger partial charge in [0.15, 0.2) is 0 Å². The van der Waals surface area contributed by atoms with Crippen molar-refractivity contribution in [2.45, 2.75) is 5.88 Å². The van der Waals surface area contributed by atoms with Crippen molar-refractivity contribution in [2.75, 3.05) is 0 Å². The first-order valence-corrected chi connectivity index (χ1v) is 8.26. The van der Waals surface area contributed by atoms with Crippen LogP contribution in [0.3, 0.4) is 0 Å². The van der Waals surface area contributed by atoms with E-state index < -0.39 is 0 Å². The highest BCUT2D eigenvalue weighted by atomic mass is 79.9. The summed E-state index contributed by atoms with van der Waals surface area (Å²) in [7, 11) is 0. The van der Waals surface area contributed by atoms with E-state index in [-0.39, 0.29) is 11.4 Å². The lowest BCUT2D eigenvalue weighted by molar-refractivity contribution is 0.877. The molecular formula is C15H9Br2ClN2O. The maximum Gasteiger partial charge on any atom is 0.266 e. The van der Waals surface area contributed by atoms with E-state index in [9.17, 15) is 4.79 Å². The maximum atomic E-state index is 12.8. The van der Waals surface area contributed by atoms with Crippen LogP contribution < -0.4 is 5.56 Å². The van der Waals surface area contributed by atoms with E-state index >= 15 is 0 Å². The average Bonchev–Trinajstić information content (AvgIpc) is 2.50. The highest BCUT2D eigenvalue weighted by molar-refractivity contribution is 9.11. The molecule has 0 aliphatic rings. The smallest absolute Gasteiger partial charge is 0.266 e. The van der Waals surface area contributed by atoms with Gasteiger partial charge in [-0.15, -0.1) is 11.6 Å². The summed E-state index contributed by atoms with van der Waals surface area (Å²) in [5.41, 5.74) is 1.24. The first kappa shape index (κ1) is 14.8. The molecule has 3 rings (SSSR count). The third kappa shape index (κ3) is 2.65. The molecule has 0 spiro atoms. The van der Waals surface area contributed by atoms with Crippen LogP contribution in [0.25, 0.3) is 16.6 Å². The van der Waals surface area contributed by atoms with E-state index in [1.54, 1.807) is 10.6 Å². The van der Waals surface area contributed by atoms with Gasteiger partial charge in [-0.25, -0.2) is 4.98 Å². The number of aromatic nitrogens is 2. The van der Waals surface area contributed by atoms with Crippen LogP contribution in [-0.2, 0) is 5.88 Å². The number of fused-ring (bicyclic) bond motifs is 1. The summed E-state index contributed by atoms with van der Waals surface area (Å²) in [6.07, 6.45) is 0. The van der Waals surface area contributed by atoms with Gasteiger partial charge in [0.25, 0.3) is 5.56 Å². The molecule has 1 aromatic heterocycles. The third-order valence-electron chi connectivity index (χ3n) is 3.11. The monoisotopic (exact) mass is 426 g/mol. The highest BCUT2D eigenvalue weighted by Crippen LogP contribution is 2.26. The van der Waals surface area contributed by atoms with Crippen LogP contribution in [-0.4, -0.2) is 9.55 Å². The molecule has 1 heterocycles. The fourth-order valence-electron chi connectivity index (χ4n) is 2.17. The van der Waals surface area contributed by atoms with Gasteiger partial charge in [0.1, 0.15) is 5.82 Å². The molecule has 0 N–H and O–H groups in total. The average molecular weight is 429 g/mol. The number of alkyl halides is 1. The van der Waals surface area contributed by atoms with Crippen molar-refractivity contribution in [2.24, 2.45) is 0 Å². The lowest BCUT2D eigenvalue weighted by Gasteiger charge is -2.13. The number of hydrogen-bond donors (Lipinski definition) is 0. The molecule has 21 heavy (non-hydrogen) atoms. The fraction of sp³-hybridized carbons (Fsp3) is 0.0667. The molecule has 0 atom stereocenters. The van der Waals surface area contributed by atoms with Crippen LogP contribution in [0.15, 0.2) is 56.2 Å². The number of benzene rings is 2. The van der Waals surface area contributed by atoms with Gasteiger partial charge in [0, 0.05) is 8.95 Å². The van der Waals surface area contributed by atoms with E-state index in [2.05, 4.69) is 36.8 Å². The van der Waals surface area contributed by atoms with E-state index in [1.165, 1.54) is 0 Å². The van der Waals surface area contributed by atoms with Crippen LogP contribution in [0.4, 0.5) is 0 Å². The van der Waals surface area contributed by atoms with E-state index in [4.69, 9.17) is 11.6 Å². The lowest BCUT2D eigenvalue weighted by atomic mass is 10.2. The summed E-state index contributed by atoms with van der Waals surface area (Å²) in [5, 5.41) is 0.568. The fourth-order valence-corrected chi connectivity index (χ4v) is 3.13. The molecule has 0 aliphatic carbocycles. The summed E-state index contributed by atoms with van der Waals surface area (Å²) >= 11 is 12.9. The largest absolute Gasteiger partial charge is 0.268 e. The topological polar surface area (TPSA) is 34.9 Å². The molecular weight excluding hydrogens is 419 g/mol. The lowest BCUT2D eigenvalue weighted by Crippen LogP contribution is -2.23. The van der Waals surface area contributed by atoms with Gasteiger partial charge in [-0.1, -0.05) is 28.1 Å². The Bertz CT molecular complexity index is 892. The zero-order valence-corrected chi connectivity index (χ0v) is 14.6. The molecule has 6 heteroatoms. The summed E-state index contributed by atoms with van der Waals surface area (Å²) < 4.78 is 3.22. The van der Waals surface area contributed by atoms with E-state index in [0.717, 1.165) is 8.95 Å². The number of rotatable bonds is 2. The van der Waals surface area contributed by atoms with Gasteiger partial charge < -0.3 is 0 Å². The van der Waals surface area contributed by atoms with Gasteiger partial charge in [-0.3, -0.25) is 9.36 Å². The quantitative estimate of drug-likeness (QED) is 0.557. The minimum atomic E-state index is -0.130. The Morgan fingerprint density at radius 3 is 2.67 bits per heavy atom. The van der Waals surface area contributed by atoms with Crippen molar-refractivity contribution < 1.29 is 0 Å². The van der Waals surface area contributed by atoms with E-state index in [1.807, 2.05) is 36.4 Å². The predicted molar refractivity (Wildman–Crippen MR) is 92.3 cm³/mol. The predicted octanol–water partition coefficient (Wildman–Crippen LogP) is 4.65. The van der Waals surface area contributed by atoms with Gasteiger partial charge >= 0.3 is 0 Å². The van der Waals surface area contributed by atoms with Gasteiger partial charge in [-0.05, 0) is 46.3 Å². The minimum absolute atomic E-state index is 0.130. The molecule has 2 aromatic carbocycles. The first-order chi connectivity index (χ1) is 10.1. The van der Waals surface area contributed by atoms with Gasteiger partial charge in [-0.2, -0.15) is 0 Å². The van der Waals surface area contributed by atoms with Crippen molar-refractivity contribution >= 4 is 54.4 Å². The Hall–Kier alpha value is -1.17. The maximum absolute atomic E-state index is 12.8. The van der Waals surface area contributed by atoms with Crippen LogP contribution >= 0.6 is 43.5 Å². The Morgan fingerprint density at radius 1 is 1.14 bits per heavy atom. The zero-order chi connectivity index (χ0) is 15.0. The second kappa shape index (κ2) is 5.91. The molecule has 0 radical (unpaired) electrons. The standard InChI is InChI=1S/C15H9Br2ClN2O/c16-9-5-6-11(17)13(7-9)20-14(8-18)19-12-4-2-1-3-10(12)15(20)21/h1-7H,8H2. The Morgan fingerprint density at radius 2 is 1.90 bits per heavy atom. The minimum Gasteiger partial charge on any atom is -0.268 e. The van der Waals surface area contributed by atoms with Crippen molar-refractivity contribution in [3.05, 3.63) is 67.6 Å². The molecule has 0 fully saturated rings. The third-order valence-corrected chi connectivity index (χ3v) is 4.52. The van der Waals surface area contributed by atoms with Crippen LogP contribution in [0.5, 0.6) is 0 Å². The molecule has 3 nitrogen and oxygen atoms in total. The molecule has 0 amide bonds. The SMILES string of the molecule is O=c1c2ccccc2nc(CCl)n1-c1cc(Br)ccc1Br. The molecule has 106 valence electrons. The molecule has 0 saturated carbocycles. The van der Waals surface area contributed by atoms with Crippen LogP contribution in [0, 0.1) is 0 Å². The summed E-state index contributed by atoms with van der Waals surface area (Å²) in [5.74, 6) is 0.665. The normalized spacial score (nSPS) is 11.0. The summed E-state index contributed by atoms with van der Waals surface area (Å²) in [4.78, 5) is 17.3. The molecule has 0 bridgehead atoms.